The smallest absolute Gasteiger partial charge is 0.253 e. The van der Waals surface area contributed by atoms with Crippen LogP contribution in [0.1, 0.15) is 24.2 Å². The molecule has 0 aliphatic rings. The number of rotatable bonds is 4. The van der Waals surface area contributed by atoms with Crippen LogP contribution in [0.3, 0.4) is 0 Å². The quantitative estimate of drug-likeness (QED) is 0.880. The third kappa shape index (κ3) is 5.38. The summed E-state index contributed by atoms with van der Waals surface area (Å²) in [5.74, 6) is 0.00991. The highest BCUT2D eigenvalue weighted by Gasteiger charge is 2.10. The van der Waals surface area contributed by atoms with Crippen molar-refractivity contribution >= 4 is 24.0 Å². The Bertz CT molecular complexity index is 382. The second-order valence-electron chi connectivity index (χ2n) is 5.12. The van der Waals surface area contributed by atoms with E-state index in [0.29, 0.717) is 12.1 Å². The third-order valence-corrected chi connectivity index (χ3v) is 2.29. The Morgan fingerprint density at radius 1 is 1.28 bits per heavy atom. The van der Waals surface area contributed by atoms with Gasteiger partial charge in [0.05, 0.1) is 0 Å². The monoisotopic (exact) mass is 271 g/mol. The highest BCUT2D eigenvalue weighted by Crippen LogP contribution is 2.11. The molecule has 18 heavy (non-hydrogen) atoms. The van der Waals surface area contributed by atoms with E-state index in [4.69, 9.17) is 5.73 Å². The molecular formula is C13H22ClN3O. The van der Waals surface area contributed by atoms with Gasteiger partial charge in [-0.15, -0.1) is 12.4 Å². The van der Waals surface area contributed by atoms with Crippen LogP contribution in [0.15, 0.2) is 24.3 Å². The molecule has 0 saturated carbocycles. The van der Waals surface area contributed by atoms with Crippen molar-refractivity contribution < 1.29 is 4.79 Å². The second kappa shape index (κ2) is 6.61. The van der Waals surface area contributed by atoms with Crippen LogP contribution in [0.2, 0.25) is 0 Å². The summed E-state index contributed by atoms with van der Waals surface area (Å²) in [6, 6.07) is 7.41. The Balaban J connectivity index is 0.00000289. The molecule has 1 rings (SSSR count). The molecule has 1 aromatic carbocycles. The fourth-order valence-electron chi connectivity index (χ4n) is 1.32. The maximum Gasteiger partial charge on any atom is 0.253 e. The summed E-state index contributed by atoms with van der Waals surface area (Å²) in [6.07, 6.45) is 0. The first-order valence-electron chi connectivity index (χ1n) is 5.64. The number of anilines is 1. The normalized spacial score (nSPS) is 10.5. The van der Waals surface area contributed by atoms with Gasteiger partial charge in [-0.25, -0.2) is 0 Å². The zero-order valence-electron chi connectivity index (χ0n) is 11.4. The molecule has 0 bridgehead atoms. The molecule has 0 aromatic heterocycles. The minimum absolute atomic E-state index is 0. The van der Waals surface area contributed by atoms with Gasteiger partial charge in [-0.3, -0.25) is 4.79 Å². The molecule has 102 valence electrons. The highest BCUT2D eigenvalue weighted by molar-refractivity contribution is 5.94. The molecule has 1 aromatic rings. The van der Waals surface area contributed by atoms with Gasteiger partial charge in [0.2, 0.25) is 0 Å². The Hall–Kier alpha value is -1.26. The minimum Gasteiger partial charge on any atom is -0.383 e. The summed E-state index contributed by atoms with van der Waals surface area (Å²) in [4.78, 5) is 13.2. The number of hydrogen-bond donors (Lipinski definition) is 2. The lowest BCUT2D eigenvalue weighted by atomic mass is 10.1. The number of amides is 1. The molecule has 0 atom stereocenters. The lowest BCUT2D eigenvalue weighted by molar-refractivity contribution is 0.0827. The van der Waals surface area contributed by atoms with E-state index in [1.807, 2.05) is 38.1 Å². The summed E-state index contributed by atoms with van der Waals surface area (Å²) >= 11 is 0. The Morgan fingerprint density at radius 3 is 2.17 bits per heavy atom. The molecule has 0 heterocycles. The maximum absolute atomic E-state index is 11.7. The first-order valence-corrected chi connectivity index (χ1v) is 5.64. The van der Waals surface area contributed by atoms with E-state index in [2.05, 4.69) is 5.32 Å². The van der Waals surface area contributed by atoms with Gasteiger partial charge in [-0.05, 0) is 38.1 Å². The van der Waals surface area contributed by atoms with Gasteiger partial charge in [0.15, 0.2) is 0 Å². The topological polar surface area (TPSA) is 58.4 Å². The van der Waals surface area contributed by atoms with Gasteiger partial charge in [0.1, 0.15) is 0 Å². The minimum atomic E-state index is -0.252. The molecular weight excluding hydrogens is 250 g/mol. The standard InChI is InChI=1S/C13H21N3O.ClH/c1-13(2,14)9-15-11-7-5-10(6-8-11)12(17)16(3)4;/h5-8,15H,9,14H2,1-4H3;1H. The Morgan fingerprint density at radius 2 is 1.78 bits per heavy atom. The van der Waals surface area contributed by atoms with Crippen LogP contribution in [0.25, 0.3) is 0 Å². The van der Waals surface area contributed by atoms with Crippen molar-refractivity contribution in [3.8, 4) is 0 Å². The van der Waals surface area contributed by atoms with Crippen LogP contribution in [0.4, 0.5) is 5.69 Å². The van der Waals surface area contributed by atoms with Crippen molar-refractivity contribution in [3.05, 3.63) is 29.8 Å². The molecule has 0 spiro atoms. The molecule has 5 heteroatoms. The van der Waals surface area contributed by atoms with Crippen LogP contribution in [0.5, 0.6) is 0 Å². The van der Waals surface area contributed by atoms with Crippen molar-refractivity contribution in [2.75, 3.05) is 26.0 Å². The zero-order valence-corrected chi connectivity index (χ0v) is 12.2. The summed E-state index contributed by atoms with van der Waals surface area (Å²) < 4.78 is 0. The first kappa shape index (κ1) is 16.7. The van der Waals surface area contributed by atoms with Crippen molar-refractivity contribution in [3.63, 3.8) is 0 Å². The zero-order chi connectivity index (χ0) is 13.1. The molecule has 0 aliphatic heterocycles. The van der Waals surface area contributed by atoms with Crippen molar-refractivity contribution in [1.29, 1.82) is 0 Å². The van der Waals surface area contributed by atoms with Gasteiger partial charge in [0.25, 0.3) is 5.91 Å². The van der Waals surface area contributed by atoms with Gasteiger partial charge < -0.3 is 16.0 Å². The van der Waals surface area contributed by atoms with E-state index in [9.17, 15) is 4.79 Å². The Labute approximate surface area is 115 Å². The summed E-state index contributed by atoms with van der Waals surface area (Å²) in [6.45, 7) is 4.61. The first-order chi connectivity index (χ1) is 7.79. The average Bonchev–Trinajstić information content (AvgIpc) is 2.25. The van der Waals surface area contributed by atoms with Crippen LogP contribution in [0, 0.1) is 0 Å². The molecule has 0 saturated heterocycles. The fraction of sp³-hybridized carbons (Fsp3) is 0.462. The van der Waals surface area contributed by atoms with Crippen molar-refractivity contribution in [2.24, 2.45) is 5.73 Å². The molecule has 1 amide bonds. The number of hydrogen-bond acceptors (Lipinski definition) is 3. The highest BCUT2D eigenvalue weighted by atomic mass is 35.5. The number of carbonyl (C=O) groups is 1. The molecule has 4 nitrogen and oxygen atoms in total. The van der Waals surface area contributed by atoms with E-state index < -0.39 is 0 Å². The number of nitrogens with two attached hydrogens (primary N) is 1. The number of benzene rings is 1. The number of halogens is 1. The molecule has 0 aliphatic carbocycles. The lowest BCUT2D eigenvalue weighted by Gasteiger charge is -2.20. The molecule has 0 fully saturated rings. The average molecular weight is 272 g/mol. The number of carbonyl (C=O) groups excluding carboxylic acids is 1. The fourth-order valence-corrected chi connectivity index (χ4v) is 1.32. The predicted octanol–water partition coefficient (Wildman–Crippen LogP) is 1.96. The summed E-state index contributed by atoms with van der Waals surface area (Å²) in [5.41, 5.74) is 7.28. The molecule has 3 N–H and O–H groups in total. The predicted molar refractivity (Wildman–Crippen MR) is 78.5 cm³/mol. The van der Waals surface area contributed by atoms with E-state index in [1.54, 1.807) is 19.0 Å². The summed E-state index contributed by atoms with van der Waals surface area (Å²) in [7, 11) is 3.48. The van der Waals surface area contributed by atoms with Crippen molar-refractivity contribution in [1.82, 2.24) is 4.90 Å². The van der Waals surface area contributed by atoms with Crippen LogP contribution in [-0.2, 0) is 0 Å². The number of nitrogens with zero attached hydrogens (tertiary/aromatic N) is 1. The van der Waals surface area contributed by atoms with E-state index >= 15 is 0 Å². The largest absolute Gasteiger partial charge is 0.383 e. The SMILES string of the molecule is CN(C)C(=O)c1ccc(NCC(C)(C)N)cc1.Cl. The van der Waals surface area contributed by atoms with E-state index in [1.165, 1.54) is 0 Å². The van der Waals surface area contributed by atoms with Gasteiger partial charge in [-0.1, -0.05) is 0 Å². The second-order valence-corrected chi connectivity index (χ2v) is 5.12. The Kier molecular flexibility index (Phi) is 6.15. The van der Waals surface area contributed by atoms with E-state index in [-0.39, 0.29) is 23.9 Å². The van der Waals surface area contributed by atoms with E-state index in [0.717, 1.165) is 5.69 Å². The van der Waals surface area contributed by atoms with Crippen LogP contribution >= 0.6 is 12.4 Å². The lowest BCUT2D eigenvalue weighted by Crippen LogP contribution is -2.39. The molecule has 0 radical (unpaired) electrons. The van der Waals surface area contributed by atoms with Gasteiger partial charge >= 0.3 is 0 Å². The third-order valence-electron chi connectivity index (χ3n) is 2.29. The summed E-state index contributed by atoms with van der Waals surface area (Å²) in [5, 5.41) is 3.23. The molecule has 0 unspecified atom stereocenters. The number of nitrogens with one attached hydrogen (secondary N) is 1. The van der Waals surface area contributed by atoms with Crippen LogP contribution in [-0.4, -0.2) is 37.0 Å². The van der Waals surface area contributed by atoms with Crippen molar-refractivity contribution in [2.45, 2.75) is 19.4 Å². The van der Waals surface area contributed by atoms with Crippen LogP contribution < -0.4 is 11.1 Å². The maximum atomic E-state index is 11.7. The van der Waals surface area contributed by atoms with Gasteiger partial charge in [0, 0.05) is 37.4 Å². The van der Waals surface area contributed by atoms with Gasteiger partial charge in [-0.2, -0.15) is 0 Å².